The molecule has 0 aromatic carbocycles. The molecular formula is C11H20N4. The van der Waals surface area contributed by atoms with Crippen LogP contribution in [0.3, 0.4) is 0 Å². The highest BCUT2D eigenvalue weighted by Gasteiger charge is 2.23. The summed E-state index contributed by atoms with van der Waals surface area (Å²) in [5.74, 6) is 0.869. The van der Waals surface area contributed by atoms with Gasteiger partial charge in [0.05, 0.1) is 17.6 Å². The molecule has 0 spiro atoms. The van der Waals surface area contributed by atoms with E-state index < -0.39 is 0 Å². The van der Waals surface area contributed by atoms with E-state index in [-0.39, 0.29) is 5.54 Å². The van der Waals surface area contributed by atoms with Gasteiger partial charge in [-0.05, 0) is 27.7 Å². The minimum Gasteiger partial charge on any atom is -0.352 e. The van der Waals surface area contributed by atoms with Gasteiger partial charge in [0.1, 0.15) is 5.82 Å². The summed E-state index contributed by atoms with van der Waals surface area (Å²) in [6, 6.07) is 0. The minimum absolute atomic E-state index is 0.101. The van der Waals surface area contributed by atoms with E-state index in [1.54, 1.807) is 6.20 Å². The molecule has 0 radical (unpaired) electrons. The lowest BCUT2D eigenvalue weighted by Gasteiger charge is -2.35. The lowest BCUT2D eigenvalue weighted by Crippen LogP contribution is -2.47. The molecule has 1 aromatic rings. The maximum atomic E-state index is 5.72. The summed E-state index contributed by atoms with van der Waals surface area (Å²) in [5.41, 5.74) is 7.56. The smallest absolute Gasteiger partial charge is 0.147 e. The van der Waals surface area contributed by atoms with Gasteiger partial charge in [-0.25, -0.2) is 4.98 Å². The molecule has 0 aliphatic rings. The molecule has 4 heteroatoms. The predicted octanol–water partition coefficient (Wildman–Crippen LogP) is 1.27. The Kier molecular flexibility index (Phi) is 3.29. The van der Waals surface area contributed by atoms with Crippen molar-refractivity contribution in [1.29, 1.82) is 0 Å². The average Bonchev–Trinajstić information content (AvgIpc) is 2.21. The van der Waals surface area contributed by atoms with Crippen molar-refractivity contribution in [2.24, 2.45) is 5.73 Å². The van der Waals surface area contributed by atoms with E-state index in [4.69, 9.17) is 5.73 Å². The van der Waals surface area contributed by atoms with Crippen LogP contribution in [-0.2, 0) is 0 Å². The van der Waals surface area contributed by atoms with E-state index in [1.807, 2.05) is 20.9 Å². The summed E-state index contributed by atoms with van der Waals surface area (Å²) < 4.78 is 0. The second-order valence-electron chi connectivity index (χ2n) is 4.47. The first-order valence-electron chi connectivity index (χ1n) is 5.12. The van der Waals surface area contributed by atoms with Crippen molar-refractivity contribution in [3.8, 4) is 0 Å². The lowest BCUT2D eigenvalue weighted by atomic mass is 10.0. The molecule has 1 aromatic heterocycles. The maximum absolute atomic E-state index is 5.72. The molecule has 0 unspecified atom stereocenters. The third kappa shape index (κ3) is 2.45. The van der Waals surface area contributed by atoms with E-state index in [2.05, 4.69) is 28.7 Å². The highest BCUT2D eigenvalue weighted by Crippen LogP contribution is 2.19. The Morgan fingerprint density at radius 1 is 1.33 bits per heavy atom. The van der Waals surface area contributed by atoms with Crippen LogP contribution >= 0.6 is 0 Å². The van der Waals surface area contributed by atoms with Gasteiger partial charge in [0.25, 0.3) is 0 Å². The van der Waals surface area contributed by atoms with E-state index in [9.17, 15) is 0 Å². The lowest BCUT2D eigenvalue weighted by molar-refractivity contribution is 0.493. The number of likely N-dealkylation sites (N-methyl/N-ethyl adjacent to an activating group) is 1. The number of rotatable bonds is 3. The maximum Gasteiger partial charge on any atom is 0.147 e. The van der Waals surface area contributed by atoms with Gasteiger partial charge in [-0.2, -0.15) is 0 Å². The van der Waals surface area contributed by atoms with Crippen LogP contribution in [0.1, 0.15) is 25.2 Å². The molecule has 2 N–H and O–H groups in total. The topological polar surface area (TPSA) is 55.0 Å². The van der Waals surface area contributed by atoms with E-state index in [0.717, 1.165) is 17.2 Å². The van der Waals surface area contributed by atoms with Gasteiger partial charge in [-0.1, -0.05) is 0 Å². The molecule has 0 aliphatic heterocycles. The van der Waals surface area contributed by atoms with Crippen molar-refractivity contribution in [2.75, 3.05) is 18.5 Å². The molecule has 0 aliphatic carbocycles. The van der Waals surface area contributed by atoms with Gasteiger partial charge >= 0.3 is 0 Å². The van der Waals surface area contributed by atoms with Crippen molar-refractivity contribution in [3.05, 3.63) is 17.6 Å². The first kappa shape index (κ1) is 11.9. The summed E-state index contributed by atoms with van der Waals surface area (Å²) in [7, 11) is 1.99. The molecule has 1 rings (SSSR count). The number of hydrogen-bond acceptors (Lipinski definition) is 4. The fourth-order valence-electron chi connectivity index (χ4n) is 1.14. The third-order valence-corrected chi connectivity index (χ3v) is 2.93. The minimum atomic E-state index is -0.101. The first-order valence-corrected chi connectivity index (χ1v) is 5.12. The van der Waals surface area contributed by atoms with Crippen LogP contribution in [0.5, 0.6) is 0 Å². The number of nitrogens with zero attached hydrogens (tertiary/aromatic N) is 3. The summed E-state index contributed by atoms with van der Waals surface area (Å²) in [6.07, 6.45) is 1.79. The van der Waals surface area contributed by atoms with Crippen LogP contribution in [0.15, 0.2) is 6.20 Å². The molecule has 15 heavy (non-hydrogen) atoms. The number of hydrogen-bond donors (Lipinski definition) is 1. The molecule has 84 valence electrons. The second-order valence-corrected chi connectivity index (χ2v) is 4.47. The van der Waals surface area contributed by atoms with Crippen molar-refractivity contribution in [3.63, 3.8) is 0 Å². The van der Waals surface area contributed by atoms with Crippen molar-refractivity contribution in [2.45, 2.75) is 33.2 Å². The van der Waals surface area contributed by atoms with Crippen LogP contribution in [0.2, 0.25) is 0 Å². The van der Waals surface area contributed by atoms with Crippen LogP contribution < -0.4 is 10.6 Å². The monoisotopic (exact) mass is 208 g/mol. The van der Waals surface area contributed by atoms with Crippen LogP contribution in [0.25, 0.3) is 0 Å². The molecule has 0 bridgehead atoms. The van der Waals surface area contributed by atoms with Gasteiger partial charge in [-0.3, -0.25) is 4.98 Å². The van der Waals surface area contributed by atoms with Crippen LogP contribution in [0.4, 0.5) is 5.82 Å². The third-order valence-electron chi connectivity index (χ3n) is 2.93. The molecule has 0 amide bonds. The average molecular weight is 208 g/mol. The van der Waals surface area contributed by atoms with E-state index in [1.165, 1.54) is 0 Å². The second kappa shape index (κ2) is 4.14. The first-order chi connectivity index (χ1) is 6.88. The molecule has 4 nitrogen and oxygen atoms in total. The molecule has 0 fully saturated rings. The number of anilines is 1. The largest absolute Gasteiger partial charge is 0.352 e. The van der Waals surface area contributed by atoms with Gasteiger partial charge in [-0.15, -0.1) is 0 Å². The Labute approximate surface area is 91.5 Å². The highest BCUT2D eigenvalue weighted by molar-refractivity contribution is 5.39. The Morgan fingerprint density at radius 2 is 1.93 bits per heavy atom. The molecular weight excluding hydrogens is 188 g/mol. The highest BCUT2D eigenvalue weighted by atomic mass is 15.2. The molecule has 1 heterocycles. The summed E-state index contributed by atoms with van der Waals surface area (Å²) in [5, 5.41) is 0. The summed E-state index contributed by atoms with van der Waals surface area (Å²) in [6.45, 7) is 8.68. The Hall–Kier alpha value is -1.16. The normalized spacial score (nSPS) is 11.6. The van der Waals surface area contributed by atoms with Gasteiger partial charge in [0, 0.05) is 19.1 Å². The predicted molar refractivity (Wildman–Crippen MR) is 63.0 cm³/mol. The SMILES string of the molecule is Cc1ncc(N(C)C(C)(C)CN)nc1C. The molecule has 0 atom stereocenters. The van der Waals surface area contributed by atoms with Gasteiger partial charge in [0.2, 0.25) is 0 Å². The van der Waals surface area contributed by atoms with Gasteiger partial charge < -0.3 is 10.6 Å². The number of nitrogens with two attached hydrogens (primary N) is 1. The van der Waals surface area contributed by atoms with E-state index in [0.29, 0.717) is 6.54 Å². The standard InChI is InChI=1S/C11H20N4/c1-8-9(2)14-10(6-13-8)15(5)11(3,4)7-12/h6H,7,12H2,1-5H3. The fourth-order valence-corrected chi connectivity index (χ4v) is 1.14. The zero-order valence-corrected chi connectivity index (χ0v) is 10.2. The van der Waals surface area contributed by atoms with Crippen LogP contribution in [-0.4, -0.2) is 29.1 Å². The summed E-state index contributed by atoms with van der Waals surface area (Å²) in [4.78, 5) is 10.9. The number of aryl methyl sites for hydroxylation is 2. The van der Waals surface area contributed by atoms with Crippen molar-refractivity contribution >= 4 is 5.82 Å². The van der Waals surface area contributed by atoms with Crippen molar-refractivity contribution < 1.29 is 0 Å². The fraction of sp³-hybridized carbons (Fsp3) is 0.636. The number of aromatic nitrogens is 2. The zero-order chi connectivity index (χ0) is 11.6. The van der Waals surface area contributed by atoms with Crippen molar-refractivity contribution in [1.82, 2.24) is 9.97 Å². The zero-order valence-electron chi connectivity index (χ0n) is 10.2. The van der Waals surface area contributed by atoms with Crippen LogP contribution in [0, 0.1) is 13.8 Å². The van der Waals surface area contributed by atoms with Gasteiger partial charge in [0.15, 0.2) is 0 Å². The Bertz CT molecular complexity index is 346. The summed E-state index contributed by atoms with van der Waals surface area (Å²) >= 11 is 0. The molecule has 0 saturated carbocycles. The quantitative estimate of drug-likeness (QED) is 0.812. The van der Waals surface area contributed by atoms with E-state index >= 15 is 0 Å². The Morgan fingerprint density at radius 3 is 2.40 bits per heavy atom. The molecule has 0 saturated heterocycles. The Balaban J connectivity index is 3.02.